The first-order valence-electron chi connectivity index (χ1n) is 9.63. The van der Waals surface area contributed by atoms with Gasteiger partial charge in [0.05, 0.1) is 16.0 Å². The minimum Gasteiger partial charge on any atom is -0.334 e. The molecule has 1 fully saturated rings. The van der Waals surface area contributed by atoms with E-state index in [0.29, 0.717) is 43.5 Å². The number of nitrogens with zero attached hydrogens (tertiary/aromatic N) is 1. The fourth-order valence-corrected chi connectivity index (χ4v) is 6.46. The first-order chi connectivity index (χ1) is 13.7. The van der Waals surface area contributed by atoms with E-state index in [1.165, 1.54) is 12.1 Å². The lowest BCUT2D eigenvalue weighted by Crippen LogP contribution is -2.38. The van der Waals surface area contributed by atoms with Gasteiger partial charge in [0, 0.05) is 48.4 Å². The normalized spacial score (nSPS) is 21.4. The number of hydrogen-bond acceptors (Lipinski definition) is 4. The maximum Gasteiger partial charge on any atom is 0.177 e. The molecule has 0 bridgehead atoms. The molecule has 29 heavy (non-hydrogen) atoms. The highest BCUT2D eigenvalue weighted by molar-refractivity contribution is 9.10. The fourth-order valence-electron chi connectivity index (χ4n) is 4.31. The lowest BCUT2D eigenvalue weighted by molar-refractivity contribution is 0.465. The highest BCUT2D eigenvalue weighted by atomic mass is 79.9. The number of imidazole rings is 1. The Kier molecular flexibility index (Phi) is 5.98. The van der Waals surface area contributed by atoms with Crippen LogP contribution in [-0.2, 0) is 29.2 Å². The molecule has 0 radical (unpaired) electrons. The number of aromatic nitrogens is 2. The molecule has 1 atom stereocenters. The van der Waals surface area contributed by atoms with Gasteiger partial charge in [-0.1, -0.05) is 0 Å². The SMILES string of the molecule is O=S1(=O)CCC(NCCc2[nH]c(=S)n3c2C[C@H](c2c(F)ccc(Br)c2F)C3)CC1. The summed E-state index contributed by atoms with van der Waals surface area (Å²) in [5, 5.41) is 3.42. The molecular weight excluding hydrogens is 484 g/mol. The van der Waals surface area contributed by atoms with Crippen LogP contribution in [0.4, 0.5) is 8.78 Å². The van der Waals surface area contributed by atoms with Crippen molar-refractivity contribution in [3.63, 3.8) is 0 Å². The van der Waals surface area contributed by atoms with Crippen molar-refractivity contribution in [2.24, 2.45) is 0 Å². The summed E-state index contributed by atoms with van der Waals surface area (Å²) < 4.78 is 54.7. The molecule has 5 nitrogen and oxygen atoms in total. The van der Waals surface area contributed by atoms with Crippen LogP contribution < -0.4 is 5.32 Å². The molecule has 10 heteroatoms. The Morgan fingerprint density at radius 3 is 2.72 bits per heavy atom. The van der Waals surface area contributed by atoms with Crippen molar-refractivity contribution >= 4 is 38.0 Å². The third kappa shape index (κ3) is 4.35. The van der Waals surface area contributed by atoms with Gasteiger partial charge >= 0.3 is 0 Å². The summed E-state index contributed by atoms with van der Waals surface area (Å²) in [4.78, 5) is 3.22. The van der Waals surface area contributed by atoms with Gasteiger partial charge < -0.3 is 14.9 Å². The number of nitrogens with one attached hydrogen (secondary N) is 2. The average Bonchev–Trinajstić information content (AvgIpc) is 3.21. The number of rotatable bonds is 5. The van der Waals surface area contributed by atoms with Gasteiger partial charge in [-0.25, -0.2) is 17.2 Å². The van der Waals surface area contributed by atoms with Crippen molar-refractivity contribution < 1.29 is 17.2 Å². The second-order valence-corrected chi connectivity index (χ2v) is 11.3. The number of aromatic amines is 1. The highest BCUT2D eigenvalue weighted by Crippen LogP contribution is 2.36. The molecule has 2 N–H and O–H groups in total. The lowest BCUT2D eigenvalue weighted by atomic mass is 9.95. The van der Waals surface area contributed by atoms with Crippen molar-refractivity contribution in [3.05, 3.63) is 50.0 Å². The Balaban J connectivity index is 1.43. The lowest BCUT2D eigenvalue weighted by Gasteiger charge is -2.23. The second-order valence-electron chi connectivity index (χ2n) is 7.75. The number of benzene rings is 1. The van der Waals surface area contributed by atoms with E-state index in [1.54, 1.807) is 0 Å². The Morgan fingerprint density at radius 1 is 1.28 bits per heavy atom. The molecular formula is C19H22BrF2N3O2S2. The third-order valence-electron chi connectivity index (χ3n) is 5.87. The van der Waals surface area contributed by atoms with Gasteiger partial charge in [-0.15, -0.1) is 0 Å². The molecule has 0 amide bonds. The molecule has 1 saturated heterocycles. The summed E-state index contributed by atoms with van der Waals surface area (Å²) in [6, 6.07) is 2.87. The minimum absolute atomic E-state index is 0.102. The van der Waals surface area contributed by atoms with Crippen LogP contribution in [-0.4, -0.2) is 42.1 Å². The monoisotopic (exact) mass is 505 g/mol. The van der Waals surface area contributed by atoms with E-state index in [0.717, 1.165) is 11.4 Å². The first-order valence-corrected chi connectivity index (χ1v) is 12.6. The number of fused-ring (bicyclic) bond motifs is 1. The van der Waals surface area contributed by atoms with Crippen LogP contribution in [0.3, 0.4) is 0 Å². The van der Waals surface area contributed by atoms with E-state index in [2.05, 4.69) is 26.2 Å². The molecule has 0 unspecified atom stereocenters. The molecule has 0 saturated carbocycles. The molecule has 2 aliphatic rings. The van der Waals surface area contributed by atoms with E-state index in [9.17, 15) is 17.2 Å². The van der Waals surface area contributed by atoms with Crippen molar-refractivity contribution in [1.82, 2.24) is 14.9 Å². The van der Waals surface area contributed by atoms with Gasteiger partial charge in [-0.05, 0) is 59.5 Å². The topological polar surface area (TPSA) is 66.9 Å². The zero-order valence-electron chi connectivity index (χ0n) is 15.7. The number of H-pyrrole nitrogens is 1. The average molecular weight is 506 g/mol. The Labute approximate surface area is 181 Å². The van der Waals surface area contributed by atoms with Crippen LogP contribution in [0, 0.1) is 16.4 Å². The van der Waals surface area contributed by atoms with E-state index < -0.39 is 21.5 Å². The van der Waals surface area contributed by atoms with Crippen molar-refractivity contribution in [1.29, 1.82) is 0 Å². The van der Waals surface area contributed by atoms with E-state index >= 15 is 0 Å². The number of halogens is 3. The highest BCUT2D eigenvalue weighted by Gasteiger charge is 2.31. The molecule has 4 rings (SSSR count). The maximum absolute atomic E-state index is 14.5. The zero-order chi connectivity index (χ0) is 20.8. The molecule has 3 heterocycles. The maximum atomic E-state index is 14.5. The van der Waals surface area contributed by atoms with E-state index in [1.807, 2.05) is 4.57 Å². The van der Waals surface area contributed by atoms with Gasteiger partial charge in [-0.2, -0.15) is 0 Å². The van der Waals surface area contributed by atoms with Crippen LogP contribution in [0.1, 0.15) is 35.7 Å². The zero-order valence-corrected chi connectivity index (χ0v) is 18.9. The minimum atomic E-state index is -2.87. The first kappa shape index (κ1) is 21.1. The molecule has 1 aromatic heterocycles. The van der Waals surface area contributed by atoms with Gasteiger partial charge in [0.2, 0.25) is 0 Å². The Morgan fingerprint density at radius 2 is 2.00 bits per heavy atom. The molecule has 0 aliphatic carbocycles. The summed E-state index contributed by atoms with van der Waals surface area (Å²) in [5.41, 5.74) is 2.07. The third-order valence-corrected chi connectivity index (χ3v) is 8.52. The Hall–Kier alpha value is -1.10. The summed E-state index contributed by atoms with van der Waals surface area (Å²) in [7, 11) is -2.87. The van der Waals surface area contributed by atoms with Crippen molar-refractivity contribution in [2.45, 2.75) is 44.2 Å². The largest absolute Gasteiger partial charge is 0.334 e. The molecule has 2 aliphatic heterocycles. The van der Waals surface area contributed by atoms with Crippen LogP contribution >= 0.6 is 28.1 Å². The van der Waals surface area contributed by atoms with Gasteiger partial charge in [-0.3, -0.25) is 0 Å². The van der Waals surface area contributed by atoms with Crippen LogP contribution in [0.15, 0.2) is 16.6 Å². The van der Waals surface area contributed by atoms with Gasteiger partial charge in [0.15, 0.2) is 4.77 Å². The van der Waals surface area contributed by atoms with Gasteiger partial charge in [0.1, 0.15) is 21.5 Å². The van der Waals surface area contributed by atoms with E-state index in [4.69, 9.17) is 12.2 Å². The smallest absolute Gasteiger partial charge is 0.177 e. The predicted molar refractivity (Wildman–Crippen MR) is 114 cm³/mol. The fraction of sp³-hybridized carbons (Fsp3) is 0.526. The van der Waals surface area contributed by atoms with Crippen molar-refractivity contribution in [2.75, 3.05) is 18.1 Å². The van der Waals surface area contributed by atoms with Gasteiger partial charge in [0.25, 0.3) is 0 Å². The quantitative estimate of drug-likeness (QED) is 0.480. The molecule has 158 valence electrons. The summed E-state index contributed by atoms with van der Waals surface area (Å²) in [6.45, 7) is 1.14. The van der Waals surface area contributed by atoms with E-state index in [-0.39, 0.29) is 33.5 Å². The van der Waals surface area contributed by atoms with Crippen molar-refractivity contribution in [3.8, 4) is 0 Å². The number of hydrogen-bond donors (Lipinski definition) is 2. The summed E-state index contributed by atoms with van der Waals surface area (Å²) in [6.07, 6.45) is 2.49. The molecule has 1 aromatic carbocycles. The summed E-state index contributed by atoms with van der Waals surface area (Å²) in [5.74, 6) is -0.910. The predicted octanol–water partition coefficient (Wildman–Crippen LogP) is 3.64. The Bertz CT molecular complexity index is 1080. The molecule has 0 spiro atoms. The standard InChI is InChI=1S/C19H22BrF2N3O2S2/c20-13-1-2-14(21)17(18(13)22)11-9-16-15(24-19(28)25(16)10-11)3-6-23-12-4-7-29(26,27)8-5-12/h1-2,11-12,23H,3-10H2,(H,24,28)/t11-/m0/s1. The van der Waals surface area contributed by atoms with Crippen LogP contribution in [0.5, 0.6) is 0 Å². The summed E-state index contributed by atoms with van der Waals surface area (Å²) >= 11 is 8.56. The van der Waals surface area contributed by atoms with Crippen LogP contribution in [0.25, 0.3) is 0 Å². The molecule has 2 aromatic rings. The number of sulfone groups is 1. The van der Waals surface area contributed by atoms with Crippen LogP contribution in [0.2, 0.25) is 0 Å². The second kappa shape index (κ2) is 8.20.